The normalized spacial score (nSPS) is 9.81. The Balaban J connectivity index is 2.24. The first kappa shape index (κ1) is 15.2. The Morgan fingerprint density at radius 1 is 1.24 bits per heavy atom. The molecule has 0 atom stereocenters. The number of para-hydroxylation sites is 1. The summed E-state index contributed by atoms with van der Waals surface area (Å²) in [4.78, 5) is 13.6. The summed E-state index contributed by atoms with van der Waals surface area (Å²) in [6.07, 6.45) is 0. The molecule has 6 heteroatoms. The molecule has 0 unspecified atom stereocenters. The summed E-state index contributed by atoms with van der Waals surface area (Å²) in [6, 6.07) is 13.3. The minimum atomic E-state index is -0.415. The summed E-state index contributed by atoms with van der Waals surface area (Å²) in [6.45, 7) is 0. The van der Waals surface area contributed by atoms with Gasteiger partial charge in [-0.05, 0) is 30.3 Å². The van der Waals surface area contributed by atoms with Gasteiger partial charge in [0.15, 0.2) is 0 Å². The second-order valence-corrected chi connectivity index (χ2v) is 5.09. The Morgan fingerprint density at radius 2 is 1.95 bits per heavy atom. The fraction of sp³-hybridized carbons (Fsp3) is 0.0667. The molecule has 0 fully saturated rings. The first-order chi connectivity index (χ1) is 10.0. The van der Waals surface area contributed by atoms with E-state index in [1.807, 2.05) is 6.07 Å². The molecule has 0 aliphatic carbocycles. The molecule has 0 aliphatic rings. The molecule has 0 saturated carbocycles. The summed E-state index contributed by atoms with van der Waals surface area (Å²) in [7, 11) is 1.57. The van der Waals surface area contributed by atoms with Gasteiger partial charge in [0.1, 0.15) is 6.07 Å². The summed E-state index contributed by atoms with van der Waals surface area (Å²) in [5.74, 6) is 0. The van der Waals surface area contributed by atoms with E-state index in [0.29, 0.717) is 27.0 Å². The number of benzene rings is 2. The maximum absolute atomic E-state index is 12.2. The fourth-order valence-electron chi connectivity index (χ4n) is 1.76. The molecule has 0 bridgehead atoms. The molecule has 0 heterocycles. The third-order valence-corrected chi connectivity index (χ3v) is 3.43. The Kier molecular flexibility index (Phi) is 4.69. The number of hydrogen-bond donors (Lipinski definition) is 1. The van der Waals surface area contributed by atoms with Gasteiger partial charge in [0, 0.05) is 12.1 Å². The van der Waals surface area contributed by atoms with E-state index in [4.69, 9.17) is 28.5 Å². The van der Waals surface area contributed by atoms with Crippen LogP contribution < -0.4 is 10.2 Å². The lowest BCUT2D eigenvalue weighted by atomic mass is 10.2. The maximum atomic E-state index is 12.2. The number of nitrogens with one attached hydrogen (secondary N) is 1. The van der Waals surface area contributed by atoms with Gasteiger partial charge in [-0.15, -0.1) is 0 Å². The SMILES string of the molecule is CN(C(=O)Nc1cc(Cl)ccc1Cl)c1ccccc1C#N. The minimum Gasteiger partial charge on any atom is -0.306 e. The Bertz CT molecular complexity index is 725. The topological polar surface area (TPSA) is 56.1 Å². The maximum Gasteiger partial charge on any atom is 0.326 e. The quantitative estimate of drug-likeness (QED) is 0.883. The van der Waals surface area contributed by atoms with E-state index in [0.717, 1.165) is 0 Å². The lowest BCUT2D eigenvalue weighted by Crippen LogP contribution is -2.31. The van der Waals surface area contributed by atoms with E-state index in [9.17, 15) is 4.79 Å². The average Bonchev–Trinajstić information content (AvgIpc) is 2.50. The zero-order valence-electron chi connectivity index (χ0n) is 11.1. The van der Waals surface area contributed by atoms with Crippen LogP contribution in [0.15, 0.2) is 42.5 Å². The number of amides is 2. The van der Waals surface area contributed by atoms with Gasteiger partial charge in [-0.1, -0.05) is 35.3 Å². The van der Waals surface area contributed by atoms with Gasteiger partial charge < -0.3 is 5.32 Å². The number of nitriles is 1. The number of carbonyl (C=O) groups is 1. The molecular formula is C15H11Cl2N3O. The highest BCUT2D eigenvalue weighted by Gasteiger charge is 2.15. The van der Waals surface area contributed by atoms with Crippen molar-refractivity contribution in [3.05, 3.63) is 58.1 Å². The predicted molar refractivity (Wildman–Crippen MR) is 85.0 cm³/mol. The zero-order chi connectivity index (χ0) is 15.4. The standard InChI is InChI=1S/C15H11Cl2N3O/c1-20(14-5-3-2-4-10(14)9-18)15(21)19-13-8-11(16)6-7-12(13)17/h2-8H,1H3,(H,19,21). The monoisotopic (exact) mass is 319 g/mol. The summed E-state index contributed by atoms with van der Waals surface area (Å²) in [5.41, 5.74) is 1.33. The highest BCUT2D eigenvalue weighted by Crippen LogP contribution is 2.26. The van der Waals surface area contributed by atoms with Crippen LogP contribution in [0.2, 0.25) is 10.0 Å². The van der Waals surface area contributed by atoms with Crippen LogP contribution in [-0.4, -0.2) is 13.1 Å². The highest BCUT2D eigenvalue weighted by molar-refractivity contribution is 6.35. The van der Waals surface area contributed by atoms with Crippen LogP contribution >= 0.6 is 23.2 Å². The molecule has 2 aromatic carbocycles. The Labute approximate surface area is 132 Å². The van der Waals surface area contributed by atoms with Crippen molar-refractivity contribution in [2.75, 3.05) is 17.3 Å². The molecule has 0 aromatic heterocycles. The van der Waals surface area contributed by atoms with Gasteiger partial charge >= 0.3 is 6.03 Å². The van der Waals surface area contributed by atoms with Crippen molar-refractivity contribution in [3.8, 4) is 6.07 Å². The van der Waals surface area contributed by atoms with E-state index in [1.165, 1.54) is 4.90 Å². The molecule has 2 amide bonds. The van der Waals surface area contributed by atoms with E-state index in [2.05, 4.69) is 5.32 Å². The first-order valence-electron chi connectivity index (χ1n) is 6.02. The molecule has 2 aromatic rings. The van der Waals surface area contributed by atoms with Crippen LogP contribution in [0.4, 0.5) is 16.2 Å². The number of anilines is 2. The van der Waals surface area contributed by atoms with E-state index in [1.54, 1.807) is 49.5 Å². The minimum absolute atomic E-state index is 0.384. The molecule has 4 nitrogen and oxygen atoms in total. The van der Waals surface area contributed by atoms with E-state index < -0.39 is 6.03 Å². The van der Waals surface area contributed by atoms with Gasteiger partial charge in [-0.2, -0.15) is 5.26 Å². The van der Waals surface area contributed by atoms with Gasteiger partial charge in [0.05, 0.1) is 22.0 Å². The number of carbonyl (C=O) groups excluding carboxylic acids is 1. The summed E-state index contributed by atoms with van der Waals surface area (Å²) >= 11 is 11.9. The lowest BCUT2D eigenvalue weighted by Gasteiger charge is -2.19. The second-order valence-electron chi connectivity index (χ2n) is 4.24. The number of rotatable bonds is 2. The van der Waals surface area contributed by atoms with Crippen LogP contribution in [0.25, 0.3) is 0 Å². The molecular weight excluding hydrogens is 309 g/mol. The molecule has 0 aliphatic heterocycles. The zero-order valence-corrected chi connectivity index (χ0v) is 12.6. The van der Waals surface area contributed by atoms with Crippen LogP contribution in [0.5, 0.6) is 0 Å². The lowest BCUT2D eigenvalue weighted by molar-refractivity contribution is 0.258. The highest BCUT2D eigenvalue weighted by atomic mass is 35.5. The van der Waals surface area contributed by atoms with Crippen LogP contribution in [0.1, 0.15) is 5.56 Å². The van der Waals surface area contributed by atoms with Crippen LogP contribution in [0.3, 0.4) is 0 Å². The second kappa shape index (κ2) is 6.49. The smallest absolute Gasteiger partial charge is 0.306 e. The van der Waals surface area contributed by atoms with Crippen LogP contribution in [-0.2, 0) is 0 Å². The third-order valence-electron chi connectivity index (χ3n) is 2.86. The number of urea groups is 1. The summed E-state index contributed by atoms with van der Waals surface area (Å²) in [5, 5.41) is 12.6. The number of nitrogens with zero attached hydrogens (tertiary/aromatic N) is 2. The van der Waals surface area contributed by atoms with Crippen molar-refractivity contribution in [3.63, 3.8) is 0 Å². The van der Waals surface area contributed by atoms with Crippen LogP contribution in [0, 0.1) is 11.3 Å². The van der Waals surface area contributed by atoms with Gasteiger partial charge in [-0.3, -0.25) is 4.90 Å². The molecule has 0 saturated heterocycles. The van der Waals surface area contributed by atoms with Gasteiger partial charge in [-0.25, -0.2) is 4.79 Å². The molecule has 1 N–H and O–H groups in total. The molecule has 21 heavy (non-hydrogen) atoms. The fourth-order valence-corrected chi connectivity index (χ4v) is 2.10. The average molecular weight is 320 g/mol. The molecule has 0 radical (unpaired) electrons. The number of halogens is 2. The molecule has 0 spiro atoms. The van der Waals surface area contributed by atoms with Crippen molar-refractivity contribution in [2.24, 2.45) is 0 Å². The van der Waals surface area contributed by atoms with Gasteiger partial charge in [0.2, 0.25) is 0 Å². The largest absolute Gasteiger partial charge is 0.326 e. The van der Waals surface area contributed by atoms with Crippen molar-refractivity contribution in [1.82, 2.24) is 0 Å². The van der Waals surface area contributed by atoms with Gasteiger partial charge in [0.25, 0.3) is 0 Å². The Morgan fingerprint density at radius 3 is 2.67 bits per heavy atom. The van der Waals surface area contributed by atoms with Crippen molar-refractivity contribution in [2.45, 2.75) is 0 Å². The van der Waals surface area contributed by atoms with Crippen molar-refractivity contribution in [1.29, 1.82) is 5.26 Å². The summed E-state index contributed by atoms with van der Waals surface area (Å²) < 4.78 is 0. The number of hydrogen-bond acceptors (Lipinski definition) is 2. The van der Waals surface area contributed by atoms with E-state index in [-0.39, 0.29) is 0 Å². The first-order valence-corrected chi connectivity index (χ1v) is 6.77. The Hall–Kier alpha value is -2.22. The molecule has 106 valence electrons. The third kappa shape index (κ3) is 3.46. The van der Waals surface area contributed by atoms with E-state index >= 15 is 0 Å². The molecule has 2 rings (SSSR count). The van der Waals surface area contributed by atoms with Crippen molar-refractivity contribution >= 4 is 40.6 Å². The van der Waals surface area contributed by atoms with Crippen molar-refractivity contribution < 1.29 is 4.79 Å². The predicted octanol–water partition coefficient (Wildman–Crippen LogP) is 4.53.